The number of nitrogens with one attached hydrogen (secondary N) is 1. The Morgan fingerprint density at radius 3 is 2.78 bits per heavy atom. The number of para-hydroxylation sites is 1. The predicted octanol–water partition coefficient (Wildman–Crippen LogP) is 3.80. The largest absolute Gasteiger partial charge is 0.352 e. The van der Waals surface area contributed by atoms with Crippen LogP contribution in [0.1, 0.15) is 10.4 Å². The Hall–Kier alpha value is -1.94. The van der Waals surface area contributed by atoms with Crippen molar-refractivity contribution in [3.8, 4) is 11.4 Å². The van der Waals surface area contributed by atoms with Crippen molar-refractivity contribution in [2.75, 3.05) is 0 Å². The second kappa shape index (κ2) is 4.38. The molecule has 0 aliphatic rings. The maximum absolute atomic E-state index is 11.3. The molecule has 0 saturated heterocycles. The van der Waals surface area contributed by atoms with Crippen molar-refractivity contribution in [2.45, 2.75) is 0 Å². The Balaban J connectivity index is 2.37. The van der Waals surface area contributed by atoms with Gasteiger partial charge in [-0.25, -0.2) is 0 Å². The van der Waals surface area contributed by atoms with E-state index in [1.807, 2.05) is 36.4 Å². The van der Waals surface area contributed by atoms with Crippen LogP contribution in [-0.2, 0) is 0 Å². The Labute approximate surface area is 112 Å². The van der Waals surface area contributed by atoms with E-state index in [4.69, 9.17) is 0 Å². The van der Waals surface area contributed by atoms with Crippen molar-refractivity contribution in [1.29, 1.82) is 0 Å². The number of aromatic amines is 1. The van der Waals surface area contributed by atoms with Gasteiger partial charge in [-0.05, 0) is 34.1 Å². The molecule has 1 aromatic carbocycles. The molecule has 0 spiro atoms. The summed E-state index contributed by atoms with van der Waals surface area (Å²) in [6.45, 7) is 0. The lowest BCUT2D eigenvalue weighted by Crippen LogP contribution is -1.86. The first kappa shape index (κ1) is 11.2. The minimum Gasteiger partial charge on any atom is -0.352 e. The monoisotopic (exact) mass is 300 g/mol. The molecular formula is C14H9BrN2O. The van der Waals surface area contributed by atoms with Gasteiger partial charge in [-0.3, -0.25) is 9.78 Å². The lowest BCUT2D eigenvalue weighted by Gasteiger charge is -1.97. The molecule has 0 amide bonds. The van der Waals surface area contributed by atoms with Gasteiger partial charge in [0.25, 0.3) is 0 Å². The third-order valence-electron chi connectivity index (χ3n) is 2.86. The zero-order chi connectivity index (χ0) is 12.5. The minimum absolute atomic E-state index is 0.644. The minimum atomic E-state index is 0.644. The number of hydrogen-bond donors (Lipinski definition) is 1. The average molecular weight is 301 g/mol. The first-order chi connectivity index (χ1) is 8.81. The van der Waals surface area contributed by atoms with E-state index in [1.165, 1.54) is 0 Å². The molecular weight excluding hydrogens is 292 g/mol. The molecule has 88 valence electrons. The van der Waals surface area contributed by atoms with Crippen LogP contribution in [-0.4, -0.2) is 16.3 Å². The first-order valence-corrected chi connectivity index (χ1v) is 6.27. The number of aldehydes is 1. The van der Waals surface area contributed by atoms with E-state index >= 15 is 0 Å². The summed E-state index contributed by atoms with van der Waals surface area (Å²) in [5.41, 5.74) is 3.08. The highest BCUT2D eigenvalue weighted by molar-refractivity contribution is 9.10. The molecule has 2 heterocycles. The normalized spacial score (nSPS) is 10.7. The van der Waals surface area contributed by atoms with Gasteiger partial charge >= 0.3 is 0 Å². The third-order valence-corrected chi connectivity index (χ3v) is 3.52. The van der Waals surface area contributed by atoms with Crippen LogP contribution in [0.15, 0.2) is 47.1 Å². The molecule has 0 unspecified atom stereocenters. The van der Waals surface area contributed by atoms with Crippen molar-refractivity contribution in [3.63, 3.8) is 0 Å². The summed E-state index contributed by atoms with van der Waals surface area (Å²) in [4.78, 5) is 18.9. The zero-order valence-electron chi connectivity index (χ0n) is 9.35. The van der Waals surface area contributed by atoms with Crippen LogP contribution < -0.4 is 0 Å². The maximum Gasteiger partial charge on any atom is 0.152 e. The van der Waals surface area contributed by atoms with E-state index < -0.39 is 0 Å². The summed E-state index contributed by atoms with van der Waals surface area (Å²) in [7, 11) is 0. The van der Waals surface area contributed by atoms with Crippen molar-refractivity contribution in [3.05, 3.63) is 52.6 Å². The van der Waals surface area contributed by atoms with Crippen molar-refractivity contribution < 1.29 is 4.79 Å². The maximum atomic E-state index is 11.3. The van der Waals surface area contributed by atoms with Gasteiger partial charge in [-0.2, -0.15) is 0 Å². The fourth-order valence-corrected chi connectivity index (χ4v) is 2.50. The summed E-state index contributed by atoms with van der Waals surface area (Å²) in [5, 5.41) is 0.903. The van der Waals surface area contributed by atoms with Gasteiger partial charge in [-0.15, -0.1) is 0 Å². The number of carbonyl (C=O) groups excluding carboxylic acids is 1. The van der Waals surface area contributed by atoms with Crippen LogP contribution in [0.5, 0.6) is 0 Å². The lowest BCUT2D eigenvalue weighted by molar-refractivity contribution is 0.112. The molecule has 3 rings (SSSR count). The second-order valence-electron chi connectivity index (χ2n) is 3.91. The van der Waals surface area contributed by atoms with E-state index in [0.717, 1.165) is 33.0 Å². The van der Waals surface area contributed by atoms with Crippen molar-refractivity contribution in [2.24, 2.45) is 0 Å². The Kier molecular flexibility index (Phi) is 2.72. The molecule has 1 N–H and O–H groups in total. The Morgan fingerprint density at radius 1 is 1.17 bits per heavy atom. The molecule has 0 aliphatic heterocycles. The molecule has 0 saturated carbocycles. The van der Waals surface area contributed by atoms with Crippen LogP contribution >= 0.6 is 15.9 Å². The van der Waals surface area contributed by atoms with E-state index in [-0.39, 0.29) is 0 Å². The van der Waals surface area contributed by atoms with Crippen LogP contribution in [0.4, 0.5) is 0 Å². The fourth-order valence-electron chi connectivity index (χ4n) is 2.04. The summed E-state index contributed by atoms with van der Waals surface area (Å²) in [6, 6.07) is 11.4. The van der Waals surface area contributed by atoms with Gasteiger partial charge in [0.2, 0.25) is 0 Å². The number of rotatable bonds is 2. The number of H-pyrrole nitrogens is 1. The van der Waals surface area contributed by atoms with E-state index in [2.05, 4.69) is 25.9 Å². The topological polar surface area (TPSA) is 45.8 Å². The van der Waals surface area contributed by atoms with Crippen LogP contribution in [0.2, 0.25) is 0 Å². The first-order valence-electron chi connectivity index (χ1n) is 5.48. The van der Waals surface area contributed by atoms with E-state index in [0.29, 0.717) is 5.56 Å². The highest BCUT2D eigenvalue weighted by atomic mass is 79.9. The molecule has 0 bridgehead atoms. The quantitative estimate of drug-likeness (QED) is 0.732. The average Bonchev–Trinajstić information content (AvgIpc) is 2.80. The molecule has 0 atom stereocenters. The number of pyridine rings is 1. The third kappa shape index (κ3) is 1.66. The fraction of sp³-hybridized carbons (Fsp3) is 0. The van der Waals surface area contributed by atoms with E-state index in [1.54, 1.807) is 6.20 Å². The highest BCUT2D eigenvalue weighted by Crippen LogP contribution is 2.31. The van der Waals surface area contributed by atoms with Gasteiger partial charge < -0.3 is 4.98 Å². The molecule has 4 heteroatoms. The number of halogens is 1. The smallest absolute Gasteiger partial charge is 0.152 e. The summed E-state index contributed by atoms with van der Waals surface area (Å²) in [5.74, 6) is 0. The Bertz CT molecular complexity index is 719. The van der Waals surface area contributed by atoms with Gasteiger partial charge in [0.15, 0.2) is 6.29 Å². The van der Waals surface area contributed by atoms with Crippen LogP contribution in [0, 0.1) is 0 Å². The molecule has 3 nitrogen and oxygen atoms in total. The molecule has 18 heavy (non-hydrogen) atoms. The van der Waals surface area contributed by atoms with Gasteiger partial charge in [0.1, 0.15) is 0 Å². The standard InChI is InChI=1S/C14H9BrN2O/c15-11-5-3-4-9-10(8-18)14(17-13(9)11)12-6-1-2-7-16-12/h1-8,17H. The molecule has 0 radical (unpaired) electrons. The summed E-state index contributed by atoms with van der Waals surface area (Å²) >= 11 is 3.48. The van der Waals surface area contributed by atoms with Gasteiger partial charge in [0, 0.05) is 21.6 Å². The molecule has 3 aromatic rings. The number of aromatic nitrogens is 2. The number of carbonyl (C=O) groups is 1. The molecule has 0 aliphatic carbocycles. The SMILES string of the molecule is O=Cc1c(-c2ccccn2)[nH]c2c(Br)cccc12. The summed E-state index contributed by atoms with van der Waals surface area (Å²) < 4.78 is 0.935. The van der Waals surface area contributed by atoms with E-state index in [9.17, 15) is 4.79 Å². The molecule has 2 aromatic heterocycles. The Morgan fingerprint density at radius 2 is 2.06 bits per heavy atom. The van der Waals surface area contributed by atoms with Gasteiger partial charge in [-0.1, -0.05) is 18.2 Å². The van der Waals surface area contributed by atoms with Crippen LogP contribution in [0.3, 0.4) is 0 Å². The lowest BCUT2D eigenvalue weighted by atomic mass is 10.1. The summed E-state index contributed by atoms with van der Waals surface area (Å²) in [6.07, 6.45) is 2.58. The second-order valence-corrected chi connectivity index (χ2v) is 4.76. The van der Waals surface area contributed by atoms with Crippen LogP contribution in [0.25, 0.3) is 22.3 Å². The zero-order valence-corrected chi connectivity index (χ0v) is 10.9. The number of fused-ring (bicyclic) bond motifs is 1. The number of benzene rings is 1. The highest BCUT2D eigenvalue weighted by Gasteiger charge is 2.14. The van der Waals surface area contributed by atoms with Crippen molar-refractivity contribution >= 4 is 33.1 Å². The predicted molar refractivity (Wildman–Crippen MR) is 74.6 cm³/mol. The number of nitrogens with zero attached hydrogens (tertiary/aromatic N) is 1. The van der Waals surface area contributed by atoms with Crippen molar-refractivity contribution in [1.82, 2.24) is 9.97 Å². The molecule has 0 fully saturated rings. The number of hydrogen-bond acceptors (Lipinski definition) is 2. The van der Waals surface area contributed by atoms with Gasteiger partial charge in [0.05, 0.1) is 16.9 Å².